The Morgan fingerprint density at radius 3 is 2.00 bits per heavy atom. The van der Waals surface area contributed by atoms with Gasteiger partial charge < -0.3 is 15.2 Å². The molecule has 1 aromatic rings. The van der Waals surface area contributed by atoms with Gasteiger partial charge in [0.25, 0.3) is 0 Å². The van der Waals surface area contributed by atoms with E-state index in [-0.39, 0.29) is 18.8 Å². The van der Waals surface area contributed by atoms with E-state index in [1.165, 1.54) is 12.1 Å². The average molecular weight is 291 g/mol. The van der Waals surface area contributed by atoms with Crippen LogP contribution in [0.1, 0.15) is 24.2 Å². The summed E-state index contributed by atoms with van der Waals surface area (Å²) in [5.41, 5.74) is 4.77. The second-order valence-electron chi connectivity index (χ2n) is 3.92. The number of esters is 2. The summed E-state index contributed by atoms with van der Waals surface area (Å²) >= 11 is 0. The van der Waals surface area contributed by atoms with Crippen molar-refractivity contribution in [1.82, 2.24) is 0 Å². The van der Waals surface area contributed by atoms with Crippen LogP contribution in [-0.2, 0) is 19.1 Å². The fraction of sp³-hybridized carbons (Fsp3) is 0.267. The first-order chi connectivity index (χ1) is 10.0. The summed E-state index contributed by atoms with van der Waals surface area (Å²) < 4.78 is 9.51. The van der Waals surface area contributed by atoms with Gasteiger partial charge in [0, 0.05) is 5.56 Å². The van der Waals surface area contributed by atoms with Crippen LogP contribution in [0.2, 0.25) is 0 Å². The number of Topliss-reactive ketones (excluding diaryl/α,β-unsaturated/α-hetero) is 1. The average Bonchev–Trinajstić information content (AvgIpc) is 2.48. The number of carbonyl (C=O) groups is 3. The van der Waals surface area contributed by atoms with E-state index >= 15 is 0 Å². The third kappa shape index (κ3) is 4.17. The lowest BCUT2D eigenvalue weighted by Crippen LogP contribution is -2.26. The number of carbonyl (C=O) groups excluding carboxylic acids is 3. The minimum absolute atomic E-state index is 0.0561. The minimum Gasteiger partial charge on any atom is -0.462 e. The van der Waals surface area contributed by atoms with E-state index in [1.54, 1.807) is 32.0 Å². The third-order valence-corrected chi connectivity index (χ3v) is 2.51. The largest absolute Gasteiger partial charge is 0.462 e. The van der Waals surface area contributed by atoms with Crippen molar-refractivity contribution in [2.24, 2.45) is 5.73 Å². The molecule has 6 heteroatoms. The summed E-state index contributed by atoms with van der Waals surface area (Å²) in [6.07, 6.45) is 0. The second-order valence-corrected chi connectivity index (χ2v) is 3.92. The molecule has 0 heterocycles. The van der Waals surface area contributed by atoms with Gasteiger partial charge in [0.05, 0.1) is 13.2 Å². The lowest BCUT2D eigenvalue weighted by molar-refractivity contribution is -0.141. The van der Waals surface area contributed by atoms with Gasteiger partial charge in [-0.1, -0.05) is 30.3 Å². The van der Waals surface area contributed by atoms with Crippen molar-refractivity contribution in [1.29, 1.82) is 0 Å². The molecule has 21 heavy (non-hydrogen) atoms. The first kappa shape index (κ1) is 16.4. The number of hydrogen-bond acceptors (Lipinski definition) is 6. The number of rotatable bonds is 6. The van der Waals surface area contributed by atoms with E-state index in [1.807, 2.05) is 0 Å². The Morgan fingerprint density at radius 1 is 0.952 bits per heavy atom. The van der Waals surface area contributed by atoms with Crippen LogP contribution in [0.15, 0.2) is 41.6 Å². The number of ether oxygens (including phenoxy) is 2. The molecule has 0 saturated heterocycles. The second kappa shape index (κ2) is 7.84. The lowest BCUT2D eigenvalue weighted by Gasteiger charge is -2.10. The van der Waals surface area contributed by atoms with Gasteiger partial charge in [-0.15, -0.1) is 0 Å². The van der Waals surface area contributed by atoms with Crippen molar-refractivity contribution in [3.63, 3.8) is 0 Å². The molecular formula is C15H17NO5. The predicted molar refractivity (Wildman–Crippen MR) is 75.3 cm³/mol. The molecule has 2 N–H and O–H groups in total. The smallest absolute Gasteiger partial charge is 0.355 e. The van der Waals surface area contributed by atoms with E-state index in [0.717, 1.165) is 0 Å². The Kier molecular flexibility index (Phi) is 6.13. The monoisotopic (exact) mass is 291 g/mol. The zero-order valence-electron chi connectivity index (χ0n) is 11.9. The van der Waals surface area contributed by atoms with Crippen LogP contribution in [0.25, 0.3) is 0 Å². The summed E-state index contributed by atoms with van der Waals surface area (Å²) in [4.78, 5) is 35.9. The van der Waals surface area contributed by atoms with Crippen LogP contribution in [0.5, 0.6) is 0 Å². The van der Waals surface area contributed by atoms with E-state index in [4.69, 9.17) is 15.2 Å². The van der Waals surface area contributed by atoms with E-state index < -0.39 is 29.0 Å². The van der Waals surface area contributed by atoms with Gasteiger partial charge in [-0.3, -0.25) is 4.79 Å². The van der Waals surface area contributed by atoms with Crippen molar-refractivity contribution >= 4 is 17.7 Å². The number of hydrogen-bond donors (Lipinski definition) is 1. The Bertz CT molecular complexity index is 563. The van der Waals surface area contributed by atoms with E-state index in [2.05, 4.69) is 0 Å². The van der Waals surface area contributed by atoms with Crippen LogP contribution < -0.4 is 5.73 Å². The molecule has 1 rings (SSSR count). The number of benzene rings is 1. The maximum atomic E-state index is 12.4. The number of nitrogens with two attached hydrogens (primary N) is 1. The van der Waals surface area contributed by atoms with Crippen LogP contribution in [-0.4, -0.2) is 30.9 Å². The fourth-order valence-electron chi connectivity index (χ4n) is 1.57. The van der Waals surface area contributed by atoms with Crippen LogP contribution in [0.3, 0.4) is 0 Å². The normalized spacial score (nSPS) is 11.3. The van der Waals surface area contributed by atoms with Crippen LogP contribution in [0, 0.1) is 0 Å². The molecule has 6 nitrogen and oxygen atoms in total. The standard InChI is InChI=1S/C15H17NO5/c1-3-20-14(18)11(12(16)15(19)21-4-2)13(17)10-8-6-5-7-9-10/h5-9H,3-4,16H2,1-2H3. The molecule has 0 spiro atoms. The molecular weight excluding hydrogens is 274 g/mol. The zero-order chi connectivity index (χ0) is 15.8. The Morgan fingerprint density at radius 2 is 1.48 bits per heavy atom. The molecule has 0 unspecified atom stereocenters. The summed E-state index contributed by atoms with van der Waals surface area (Å²) in [7, 11) is 0. The highest BCUT2D eigenvalue weighted by molar-refractivity contribution is 6.27. The molecule has 0 radical (unpaired) electrons. The highest BCUT2D eigenvalue weighted by Gasteiger charge is 2.28. The zero-order valence-corrected chi connectivity index (χ0v) is 11.9. The van der Waals surface area contributed by atoms with E-state index in [0.29, 0.717) is 0 Å². The van der Waals surface area contributed by atoms with Crippen LogP contribution >= 0.6 is 0 Å². The summed E-state index contributed by atoms with van der Waals surface area (Å²) in [5, 5.41) is 0. The molecule has 0 bridgehead atoms. The van der Waals surface area contributed by atoms with Gasteiger partial charge in [-0.25, -0.2) is 9.59 Å². The lowest BCUT2D eigenvalue weighted by atomic mass is 10.0. The van der Waals surface area contributed by atoms with Crippen molar-refractivity contribution < 1.29 is 23.9 Å². The summed E-state index contributed by atoms with van der Waals surface area (Å²) in [6.45, 7) is 3.31. The highest BCUT2D eigenvalue weighted by Crippen LogP contribution is 2.13. The Hall–Kier alpha value is -2.63. The van der Waals surface area contributed by atoms with Gasteiger partial charge in [0.2, 0.25) is 5.78 Å². The maximum Gasteiger partial charge on any atom is 0.355 e. The quantitative estimate of drug-likeness (QED) is 0.278. The Balaban J connectivity index is 3.26. The molecule has 1 aromatic carbocycles. The third-order valence-electron chi connectivity index (χ3n) is 2.51. The number of ketones is 1. The topological polar surface area (TPSA) is 95.7 Å². The maximum absolute atomic E-state index is 12.4. The minimum atomic E-state index is -0.947. The van der Waals surface area contributed by atoms with E-state index in [9.17, 15) is 14.4 Å². The van der Waals surface area contributed by atoms with Crippen molar-refractivity contribution in [2.75, 3.05) is 13.2 Å². The van der Waals surface area contributed by atoms with Gasteiger partial charge in [-0.05, 0) is 13.8 Å². The molecule has 0 aromatic heterocycles. The summed E-state index contributed by atoms with van der Waals surface area (Å²) in [5.74, 6) is -2.55. The highest BCUT2D eigenvalue weighted by atomic mass is 16.5. The first-order valence-corrected chi connectivity index (χ1v) is 6.46. The molecule has 0 amide bonds. The molecule has 0 aliphatic carbocycles. The SMILES string of the molecule is CCOC(=O)C(N)=C(C(=O)OCC)C(=O)c1ccccc1. The van der Waals surface area contributed by atoms with Crippen LogP contribution in [0.4, 0.5) is 0 Å². The van der Waals surface area contributed by atoms with Gasteiger partial charge in [0.15, 0.2) is 0 Å². The van der Waals surface area contributed by atoms with Crippen molar-refractivity contribution in [2.45, 2.75) is 13.8 Å². The van der Waals surface area contributed by atoms with Gasteiger partial charge >= 0.3 is 11.9 Å². The molecule has 112 valence electrons. The predicted octanol–water partition coefficient (Wildman–Crippen LogP) is 1.21. The molecule has 0 aliphatic heterocycles. The van der Waals surface area contributed by atoms with Gasteiger partial charge in [-0.2, -0.15) is 0 Å². The Labute approximate surface area is 122 Å². The molecule has 0 aliphatic rings. The van der Waals surface area contributed by atoms with Crippen molar-refractivity contribution in [3.05, 3.63) is 47.2 Å². The molecule has 0 saturated carbocycles. The molecule has 0 atom stereocenters. The summed E-state index contributed by atoms with van der Waals surface area (Å²) in [6, 6.07) is 8.02. The van der Waals surface area contributed by atoms with Gasteiger partial charge in [0.1, 0.15) is 11.3 Å². The first-order valence-electron chi connectivity index (χ1n) is 6.46. The van der Waals surface area contributed by atoms with Crippen molar-refractivity contribution in [3.8, 4) is 0 Å². The fourth-order valence-corrected chi connectivity index (χ4v) is 1.57. The molecule has 0 fully saturated rings.